The average molecular weight is 177 g/mol. The summed E-state index contributed by atoms with van der Waals surface area (Å²) < 4.78 is 0. The fraction of sp³-hybridized carbons (Fsp3) is 0.333. The van der Waals surface area contributed by atoms with Gasteiger partial charge in [-0.3, -0.25) is 0 Å². The van der Waals surface area contributed by atoms with E-state index in [1.165, 1.54) is 0 Å². The average Bonchev–Trinajstić information content (AvgIpc) is 2.45. The van der Waals surface area contributed by atoms with E-state index in [0.717, 1.165) is 16.3 Å². The van der Waals surface area contributed by atoms with Crippen molar-refractivity contribution in [2.75, 3.05) is 0 Å². The Morgan fingerprint density at radius 1 is 1.38 bits per heavy atom. The Bertz CT molecular complexity index is 355. The van der Waals surface area contributed by atoms with Gasteiger partial charge in [0, 0.05) is 11.0 Å². The van der Waals surface area contributed by atoms with Crippen LogP contribution in [0.2, 0.25) is 0 Å². The molecule has 0 saturated carbocycles. The highest BCUT2D eigenvalue weighted by atomic mass is 14.7. The molecule has 0 bridgehead atoms. The van der Waals surface area contributed by atoms with Crippen molar-refractivity contribution in [3.63, 3.8) is 0 Å². The van der Waals surface area contributed by atoms with Crippen LogP contribution in [0.4, 0.5) is 0 Å². The third kappa shape index (κ3) is 3.79. The molecule has 0 aliphatic rings. The monoisotopic (exact) mass is 177 g/mol. The quantitative estimate of drug-likeness (QED) is 0.676. The number of hydrogen-bond acceptors (Lipinski definition) is 0. The molecule has 1 aromatic heterocycles. The molecule has 1 heterocycles. The summed E-state index contributed by atoms with van der Waals surface area (Å²) in [5, 5.41) is 2.15. The molecule has 0 spiro atoms. The molecule has 1 nitrogen and oxygen atoms in total. The molecule has 1 N–H and O–H groups in total. The van der Waals surface area contributed by atoms with Crippen LogP contribution in [0.1, 0.15) is 26.5 Å². The molecule has 1 rings (SSSR count). The van der Waals surface area contributed by atoms with Crippen LogP contribution in [0.15, 0.2) is 18.2 Å². The molecule has 0 aliphatic heterocycles. The van der Waals surface area contributed by atoms with Gasteiger partial charge in [0.1, 0.15) is 0 Å². The van der Waals surface area contributed by atoms with Gasteiger partial charge in [0.2, 0.25) is 0 Å². The lowest BCUT2D eigenvalue weighted by molar-refractivity contribution is 1.22. The molecule has 0 aromatic carbocycles. The normalized spacial score (nSPS) is 11.5. The molecule has 0 fully saturated rings. The second kappa shape index (κ2) is 6.30. The summed E-state index contributed by atoms with van der Waals surface area (Å²) in [5.74, 6) is 0. The van der Waals surface area contributed by atoms with Gasteiger partial charge in [0.15, 0.2) is 0 Å². The Labute approximate surface area is 80.5 Å². The molecular formula is C12H19N. The first-order valence-corrected chi connectivity index (χ1v) is 4.71. The number of aromatic nitrogens is 1. The first-order chi connectivity index (χ1) is 6.24. The van der Waals surface area contributed by atoms with Crippen LogP contribution in [-0.4, -0.2) is 4.98 Å². The summed E-state index contributed by atoms with van der Waals surface area (Å²) in [4.78, 5) is 3.21. The van der Waals surface area contributed by atoms with Gasteiger partial charge in [-0.05, 0) is 31.2 Å². The van der Waals surface area contributed by atoms with Crippen molar-refractivity contribution in [2.24, 2.45) is 0 Å². The second-order valence-electron chi connectivity index (χ2n) is 2.58. The van der Waals surface area contributed by atoms with Crippen molar-refractivity contribution in [1.29, 1.82) is 0 Å². The SMILES string of the molecule is C=c1cc(C)[nH]/c1=C/C=C\C.CC. The topological polar surface area (TPSA) is 15.8 Å². The van der Waals surface area contributed by atoms with E-state index in [1.807, 2.05) is 52.0 Å². The highest BCUT2D eigenvalue weighted by Gasteiger charge is 1.85. The van der Waals surface area contributed by atoms with Gasteiger partial charge in [-0.2, -0.15) is 0 Å². The number of H-pyrrole nitrogens is 1. The van der Waals surface area contributed by atoms with Crippen LogP contribution in [-0.2, 0) is 0 Å². The lowest BCUT2D eigenvalue weighted by atomic mass is 10.4. The van der Waals surface area contributed by atoms with Crippen molar-refractivity contribution in [2.45, 2.75) is 27.7 Å². The first kappa shape index (κ1) is 11.8. The molecule has 0 amide bonds. The Morgan fingerprint density at radius 2 is 2.00 bits per heavy atom. The highest BCUT2D eigenvalue weighted by Crippen LogP contribution is 1.78. The van der Waals surface area contributed by atoms with E-state index in [-0.39, 0.29) is 0 Å². The molecular weight excluding hydrogens is 158 g/mol. The summed E-state index contributed by atoms with van der Waals surface area (Å²) in [6, 6.07) is 2.04. The van der Waals surface area contributed by atoms with Crippen molar-refractivity contribution in [3.8, 4) is 0 Å². The Hall–Kier alpha value is -1.24. The predicted molar refractivity (Wildman–Crippen MR) is 60.9 cm³/mol. The Kier molecular flexibility index (Phi) is 5.69. The van der Waals surface area contributed by atoms with Crippen molar-refractivity contribution >= 4 is 12.7 Å². The van der Waals surface area contributed by atoms with Crippen LogP contribution in [0.25, 0.3) is 12.7 Å². The number of nitrogens with one attached hydrogen (secondary N) is 1. The van der Waals surface area contributed by atoms with Crippen LogP contribution in [0, 0.1) is 6.92 Å². The minimum atomic E-state index is 1.06. The highest BCUT2D eigenvalue weighted by molar-refractivity contribution is 5.35. The fourth-order valence-corrected chi connectivity index (χ4v) is 1.01. The Morgan fingerprint density at radius 3 is 2.38 bits per heavy atom. The van der Waals surface area contributed by atoms with Crippen molar-refractivity contribution in [1.82, 2.24) is 4.98 Å². The molecule has 1 aromatic rings. The number of rotatable bonds is 1. The van der Waals surface area contributed by atoms with Crippen LogP contribution in [0.3, 0.4) is 0 Å². The van der Waals surface area contributed by atoms with Crippen LogP contribution < -0.4 is 10.6 Å². The van der Waals surface area contributed by atoms with Crippen LogP contribution >= 0.6 is 0 Å². The molecule has 0 unspecified atom stereocenters. The molecule has 72 valence electrons. The van der Waals surface area contributed by atoms with E-state index in [1.54, 1.807) is 0 Å². The van der Waals surface area contributed by atoms with Crippen molar-refractivity contribution < 1.29 is 0 Å². The summed E-state index contributed by atoms with van der Waals surface area (Å²) in [5.41, 5.74) is 1.16. The van der Waals surface area contributed by atoms with E-state index in [9.17, 15) is 0 Å². The molecule has 0 aliphatic carbocycles. The number of aryl methyl sites for hydroxylation is 1. The summed E-state index contributed by atoms with van der Waals surface area (Å²) in [6.45, 7) is 11.9. The zero-order chi connectivity index (χ0) is 10.3. The van der Waals surface area contributed by atoms with E-state index < -0.39 is 0 Å². The lowest BCUT2D eigenvalue weighted by Gasteiger charge is -1.76. The molecule has 13 heavy (non-hydrogen) atoms. The van der Waals surface area contributed by atoms with E-state index in [0.29, 0.717) is 0 Å². The van der Waals surface area contributed by atoms with Gasteiger partial charge in [-0.1, -0.05) is 32.6 Å². The minimum absolute atomic E-state index is 1.06. The zero-order valence-corrected chi connectivity index (χ0v) is 9.02. The molecule has 0 atom stereocenters. The van der Waals surface area contributed by atoms with Gasteiger partial charge in [0.25, 0.3) is 0 Å². The first-order valence-electron chi connectivity index (χ1n) is 4.71. The maximum atomic E-state index is 3.90. The largest absolute Gasteiger partial charge is 0.359 e. The smallest absolute Gasteiger partial charge is 0.0449 e. The lowest BCUT2D eigenvalue weighted by Crippen LogP contribution is -2.19. The zero-order valence-electron chi connectivity index (χ0n) is 9.02. The minimum Gasteiger partial charge on any atom is -0.359 e. The van der Waals surface area contributed by atoms with E-state index in [4.69, 9.17) is 0 Å². The molecule has 0 saturated heterocycles. The van der Waals surface area contributed by atoms with Gasteiger partial charge in [-0.15, -0.1) is 0 Å². The summed E-state index contributed by atoms with van der Waals surface area (Å²) in [6.07, 6.45) is 6.02. The molecule has 1 heteroatoms. The number of aromatic amines is 1. The molecule has 0 radical (unpaired) electrons. The number of hydrogen-bond donors (Lipinski definition) is 1. The summed E-state index contributed by atoms with van der Waals surface area (Å²) >= 11 is 0. The predicted octanol–water partition coefficient (Wildman–Crippen LogP) is 2.12. The standard InChI is InChI=1S/C10H13N.C2H6/c1-4-5-6-10-8(2)7-9(3)11-10;1-2/h4-7,11H,2H2,1,3H3;1-2H3/b5-4-,10-6+;. The second-order valence-corrected chi connectivity index (χ2v) is 2.58. The fourth-order valence-electron chi connectivity index (χ4n) is 1.01. The maximum Gasteiger partial charge on any atom is 0.0449 e. The van der Waals surface area contributed by atoms with Gasteiger partial charge < -0.3 is 4.98 Å². The van der Waals surface area contributed by atoms with Gasteiger partial charge >= 0.3 is 0 Å². The number of allylic oxidation sites excluding steroid dienone is 2. The van der Waals surface area contributed by atoms with Crippen molar-refractivity contribution in [3.05, 3.63) is 34.5 Å². The third-order valence-corrected chi connectivity index (χ3v) is 1.52. The van der Waals surface area contributed by atoms with E-state index >= 15 is 0 Å². The van der Waals surface area contributed by atoms with Crippen LogP contribution in [0.5, 0.6) is 0 Å². The summed E-state index contributed by atoms with van der Waals surface area (Å²) in [7, 11) is 0. The van der Waals surface area contributed by atoms with Gasteiger partial charge in [-0.25, -0.2) is 0 Å². The Balaban J connectivity index is 0.000000671. The maximum absolute atomic E-state index is 3.90. The third-order valence-electron chi connectivity index (χ3n) is 1.52. The van der Waals surface area contributed by atoms with Gasteiger partial charge in [0.05, 0.1) is 0 Å². The van der Waals surface area contributed by atoms with E-state index in [2.05, 4.69) is 11.6 Å².